The second kappa shape index (κ2) is 7.57. The zero-order valence-electron chi connectivity index (χ0n) is 18.1. The zero-order valence-corrected chi connectivity index (χ0v) is 18.1. The lowest BCUT2D eigenvalue weighted by molar-refractivity contribution is -0.144. The molecule has 2 amide bonds. The van der Waals surface area contributed by atoms with Gasteiger partial charge in [0, 0.05) is 23.7 Å². The number of benzene rings is 1. The first-order chi connectivity index (χ1) is 15.6. The number of halogens is 3. The van der Waals surface area contributed by atoms with Gasteiger partial charge >= 0.3 is 12.2 Å². The number of alkyl halides is 3. The maximum Gasteiger partial charge on any atom is 0.451 e. The van der Waals surface area contributed by atoms with Crippen molar-refractivity contribution in [2.45, 2.75) is 43.9 Å². The predicted molar refractivity (Wildman–Crippen MR) is 117 cm³/mol. The number of nitrogens with one attached hydrogen (secondary N) is 2. The second-order valence-electron chi connectivity index (χ2n) is 8.96. The molecule has 1 aromatic carbocycles. The molecule has 3 heterocycles. The first-order valence-electron chi connectivity index (χ1n) is 10.7. The van der Waals surface area contributed by atoms with Crippen LogP contribution in [-0.2, 0) is 6.18 Å². The van der Waals surface area contributed by atoms with E-state index >= 15 is 0 Å². The Labute approximate surface area is 188 Å². The highest BCUT2D eigenvalue weighted by molar-refractivity contribution is 6.11. The Morgan fingerprint density at radius 1 is 1.18 bits per heavy atom. The minimum Gasteiger partial charge on any atom is -0.335 e. The molecule has 2 aliphatic heterocycles. The molecule has 0 bridgehead atoms. The molecule has 0 spiro atoms. The van der Waals surface area contributed by atoms with Crippen molar-refractivity contribution in [1.82, 2.24) is 20.2 Å². The van der Waals surface area contributed by atoms with Crippen molar-refractivity contribution in [2.24, 2.45) is 4.99 Å². The molecule has 1 saturated carbocycles. The van der Waals surface area contributed by atoms with Crippen LogP contribution >= 0.6 is 0 Å². The van der Waals surface area contributed by atoms with Gasteiger partial charge in [0.2, 0.25) is 5.82 Å². The van der Waals surface area contributed by atoms with Crippen LogP contribution in [0.25, 0.3) is 0 Å². The zero-order chi connectivity index (χ0) is 23.4. The van der Waals surface area contributed by atoms with Crippen molar-refractivity contribution in [2.75, 3.05) is 18.4 Å². The number of carbonyl (C=O) groups excluding carboxylic acids is 1. The van der Waals surface area contributed by atoms with Crippen LogP contribution in [0.4, 0.5) is 23.8 Å². The van der Waals surface area contributed by atoms with E-state index in [1.807, 2.05) is 32.0 Å². The van der Waals surface area contributed by atoms with E-state index in [2.05, 4.69) is 37.7 Å². The fraction of sp³-hybridized carbons (Fsp3) is 0.391. The summed E-state index contributed by atoms with van der Waals surface area (Å²) in [5.74, 6) is -0.450. The van der Waals surface area contributed by atoms with Crippen LogP contribution in [0.1, 0.15) is 37.6 Å². The maximum absolute atomic E-state index is 13.1. The number of amidine groups is 1. The lowest BCUT2D eigenvalue weighted by atomic mass is 9.94. The molecular weight excluding hydrogens is 433 g/mol. The first-order valence-corrected chi connectivity index (χ1v) is 10.7. The van der Waals surface area contributed by atoms with E-state index in [0.717, 1.165) is 23.8 Å². The van der Waals surface area contributed by atoms with Crippen molar-refractivity contribution in [1.29, 1.82) is 0 Å². The SMILES string of the molecule is CC1(C)C2=C(CN1C(=O)NC1C[C@@H]1c1ccccc1)C(Nc1ccnc(C(F)(F)F)n1)=NC2. The Bertz CT molecular complexity index is 1160. The van der Waals surface area contributed by atoms with Crippen molar-refractivity contribution >= 4 is 17.7 Å². The molecule has 7 nitrogen and oxygen atoms in total. The molecule has 33 heavy (non-hydrogen) atoms. The predicted octanol–water partition coefficient (Wildman–Crippen LogP) is 3.98. The molecule has 172 valence electrons. The number of carbonyl (C=O) groups is 1. The fourth-order valence-corrected chi connectivity index (χ4v) is 4.53. The smallest absolute Gasteiger partial charge is 0.335 e. The number of aromatic nitrogens is 2. The van der Waals surface area contributed by atoms with Gasteiger partial charge in [-0.15, -0.1) is 0 Å². The van der Waals surface area contributed by atoms with E-state index in [0.29, 0.717) is 24.8 Å². The van der Waals surface area contributed by atoms with Gasteiger partial charge in [0.15, 0.2) is 0 Å². The average molecular weight is 456 g/mol. The highest BCUT2D eigenvalue weighted by Crippen LogP contribution is 2.42. The maximum atomic E-state index is 13.1. The first kappa shape index (κ1) is 21.4. The molecule has 2 atom stereocenters. The standard InChI is InChI=1S/C23H23F3N6O/c1-22(2)16-11-28-19(30-18-8-9-27-20(31-18)23(24,25)26)15(16)12-32(22)21(33)29-17-10-14(17)13-6-4-3-5-7-13/h3-9,14,17H,10-12H2,1-2H3,(H,29,33)(H,27,28,30,31)/t14-,17?/m1/s1. The van der Waals surface area contributed by atoms with Gasteiger partial charge in [-0.2, -0.15) is 13.2 Å². The highest BCUT2D eigenvalue weighted by Gasteiger charge is 2.47. The summed E-state index contributed by atoms with van der Waals surface area (Å²) in [6.45, 7) is 4.62. The van der Waals surface area contributed by atoms with Crippen LogP contribution in [0.3, 0.4) is 0 Å². The molecule has 1 fully saturated rings. The highest BCUT2D eigenvalue weighted by atomic mass is 19.4. The van der Waals surface area contributed by atoms with E-state index in [4.69, 9.17) is 0 Å². The summed E-state index contributed by atoms with van der Waals surface area (Å²) in [6, 6.07) is 11.4. The Morgan fingerprint density at radius 3 is 2.67 bits per heavy atom. The van der Waals surface area contributed by atoms with Gasteiger partial charge in [-0.1, -0.05) is 30.3 Å². The number of aliphatic imine (C=N–C) groups is 1. The molecule has 5 rings (SSSR count). The molecule has 1 aliphatic carbocycles. The van der Waals surface area contributed by atoms with E-state index in [-0.39, 0.29) is 17.9 Å². The van der Waals surface area contributed by atoms with Gasteiger partial charge in [0.05, 0.1) is 18.6 Å². The van der Waals surface area contributed by atoms with Crippen molar-refractivity contribution in [3.8, 4) is 0 Å². The topological polar surface area (TPSA) is 82.5 Å². The number of nitrogens with zero attached hydrogens (tertiary/aromatic N) is 4. The fourth-order valence-electron chi connectivity index (χ4n) is 4.53. The number of hydrogen-bond donors (Lipinski definition) is 2. The van der Waals surface area contributed by atoms with Crippen molar-refractivity contribution in [3.63, 3.8) is 0 Å². The third-order valence-electron chi connectivity index (χ3n) is 6.50. The van der Waals surface area contributed by atoms with Gasteiger partial charge in [-0.3, -0.25) is 4.99 Å². The van der Waals surface area contributed by atoms with E-state index in [1.165, 1.54) is 11.6 Å². The summed E-state index contributed by atoms with van der Waals surface area (Å²) in [5, 5.41) is 6.02. The number of amides is 2. The largest absolute Gasteiger partial charge is 0.451 e. The summed E-state index contributed by atoms with van der Waals surface area (Å²) in [4.78, 5) is 26.2. The monoisotopic (exact) mass is 456 g/mol. The summed E-state index contributed by atoms with van der Waals surface area (Å²) >= 11 is 0. The molecular formula is C23H23F3N6O. The second-order valence-corrected chi connectivity index (χ2v) is 8.96. The van der Waals surface area contributed by atoms with Crippen LogP contribution < -0.4 is 10.6 Å². The van der Waals surface area contributed by atoms with Gasteiger partial charge < -0.3 is 15.5 Å². The Kier molecular flexibility index (Phi) is 4.91. The molecule has 1 unspecified atom stereocenters. The van der Waals surface area contributed by atoms with E-state index in [9.17, 15) is 18.0 Å². The van der Waals surface area contributed by atoms with Crippen LogP contribution in [0.5, 0.6) is 0 Å². The summed E-state index contributed by atoms with van der Waals surface area (Å²) in [5.41, 5.74) is 2.44. The van der Waals surface area contributed by atoms with Gasteiger partial charge in [0.25, 0.3) is 0 Å². The summed E-state index contributed by atoms with van der Waals surface area (Å²) in [6.07, 6.45) is -2.68. The Balaban J connectivity index is 1.27. The number of urea groups is 1. The number of rotatable bonds is 3. The minimum absolute atomic E-state index is 0.00853. The lowest BCUT2D eigenvalue weighted by Crippen LogP contribution is -2.51. The Morgan fingerprint density at radius 2 is 1.94 bits per heavy atom. The molecule has 0 saturated heterocycles. The average Bonchev–Trinajstić information content (AvgIpc) is 3.33. The van der Waals surface area contributed by atoms with E-state index < -0.39 is 17.5 Å². The number of anilines is 1. The van der Waals surface area contributed by atoms with Gasteiger partial charge in [0.1, 0.15) is 11.7 Å². The lowest BCUT2D eigenvalue weighted by Gasteiger charge is -2.34. The molecule has 0 radical (unpaired) electrons. The number of hydrogen-bond acceptors (Lipinski definition) is 5. The summed E-state index contributed by atoms with van der Waals surface area (Å²) < 4.78 is 38.8. The van der Waals surface area contributed by atoms with Gasteiger partial charge in [-0.25, -0.2) is 14.8 Å². The summed E-state index contributed by atoms with van der Waals surface area (Å²) in [7, 11) is 0. The van der Waals surface area contributed by atoms with Crippen molar-refractivity contribution in [3.05, 3.63) is 65.1 Å². The molecule has 3 aliphatic rings. The van der Waals surface area contributed by atoms with Gasteiger partial charge in [-0.05, 0) is 37.5 Å². The minimum atomic E-state index is -4.63. The third-order valence-corrected chi connectivity index (χ3v) is 6.50. The Hall–Kier alpha value is -3.43. The third kappa shape index (κ3) is 3.94. The van der Waals surface area contributed by atoms with Crippen LogP contribution in [-0.4, -0.2) is 51.4 Å². The van der Waals surface area contributed by atoms with E-state index in [1.54, 1.807) is 4.90 Å². The molecule has 10 heteroatoms. The molecule has 2 aromatic rings. The molecule has 2 N–H and O–H groups in total. The molecule has 1 aromatic heterocycles. The van der Waals surface area contributed by atoms with Crippen LogP contribution in [0.2, 0.25) is 0 Å². The van der Waals surface area contributed by atoms with Crippen LogP contribution in [0, 0.1) is 0 Å². The normalized spacial score (nSPS) is 23.3. The van der Waals surface area contributed by atoms with Crippen LogP contribution in [0.15, 0.2) is 58.7 Å². The van der Waals surface area contributed by atoms with Crippen molar-refractivity contribution < 1.29 is 18.0 Å². The quantitative estimate of drug-likeness (QED) is 0.732.